The van der Waals surface area contributed by atoms with Crippen molar-refractivity contribution in [2.45, 2.75) is 34.0 Å². The highest BCUT2D eigenvalue weighted by Gasteiger charge is 2.38. The molecule has 2 aromatic heterocycles. The molecule has 1 unspecified atom stereocenters. The first-order chi connectivity index (χ1) is 17.3. The first-order valence-corrected chi connectivity index (χ1v) is 16.7. The normalized spacial score (nSPS) is 12.9. The van der Waals surface area contributed by atoms with Gasteiger partial charge in [0, 0.05) is 22.4 Å². The monoisotopic (exact) mass is 612 g/mol. The molecule has 4 aromatic rings. The Hall–Kier alpha value is -1.44. The molecule has 0 aliphatic heterocycles. The van der Waals surface area contributed by atoms with Gasteiger partial charge in [0.1, 0.15) is 0 Å². The molecule has 0 saturated carbocycles. The Kier molecular flexibility index (Phi) is 9.51. The maximum Gasteiger partial charge on any atom is 0.300 e. The van der Waals surface area contributed by atoms with Crippen LogP contribution < -0.4 is 5.30 Å². The van der Waals surface area contributed by atoms with Crippen molar-refractivity contribution in [1.29, 1.82) is 0 Å². The van der Waals surface area contributed by atoms with Gasteiger partial charge in [0.15, 0.2) is 16.6 Å². The highest BCUT2D eigenvalue weighted by atomic mass is 32.2. The van der Waals surface area contributed by atoms with E-state index in [1.54, 1.807) is 43.0 Å². The van der Waals surface area contributed by atoms with Crippen LogP contribution in [0.4, 0.5) is 0 Å². The highest BCUT2D eigenvalue weighted by Crippen LogP contribution is 2.50. The van der Waals surface area contributed by atoms with E-state index in [2.05, 4.69) is 20.4 Å². The summed E-state index contributed by atoms with van der Waals surface area (Å²) < 4.78 is 22.6. The first kappa shape index (κ1) is 27.6. The Bertz CT molecular complexity index is 1530. The number of nitrogens with one attached hydrogen (secondary N) is 2. The average Bonchev–Trinajstić information content (AvgIpc) is 3.48. The number of carbonyl (C=O) groups is 1. The van der Waals surface area contributed by atoms with Gasteiger partial charge in [-0.2, -0.15) is 10.2 Å². The van der Waals surface area contributed by atoms with Crippen molar-refractivity contribution in [2.24, 2.45) is 0 Å². The van der Waals surface area contributed by atoms with E-state index in [-0.39, 0.29) is 6.61 Å². The van der Waals surface area contributed by atoms with E-state index < -0.39 is 12.9 Å². The Balaban J connectivity index is 1.73. The number of aromatic nitrogens is 4. The molecule has 0 fully saturated rings. The Labute approximate surface area is 235 Å². The number of aromatic amines is 2. The molecule has 188 valence electrons. The summed E-state index contributed by atoms with van der Waals surface area (Å²) in [6, 6.07) is 12.6. The number of rotatable bonds is 11. The fourth-order valence-corrected chi connectivity index (χ4v) is 9.60. The van der Waals surface area contributed by atoms with Crippen molar-refractivity contribution in [1.82, 2.24) is 20.4 Å². The molecule has 1 atom stereocenters. The van der Waals surface area contributed by atoms with Gasteiger partial charge in [-0.1, -0.05) is 76.5 Å². The number of benzene rings is 2. The third-order valence-corrected chi connectivity index (χ3v) is 11.9. The minimum Gasteiger partial charge on any atom is -0.320 e. The molecule has 0 saturated heterocycles. The molecular weight excluding hydrogens is 592 g/mol. The molecule has 2 heterocycles. The summed E-state index contributed by atoms with van der Waals surface area (Å²) >= 11 is 16.1. The molecule has 0 aliphatic rings. The van der Waals surface area contributed by atoms with E-state index >= 15 is 0 Å². The maximum atomic E-state index is 14.1. The van der Waals surface area contributed by atoms with Gasteiger partial charge in [-0.05, 0) is 67.1 Å². The van der Waals surface area contributed by atoms with E-state index in [1.165, 1.54) is 34.4 Å². The van der Waals surface area contributed by atoms with Crippen LogP contribution in [0.5, 0.6) is 0 Å². The topological polar surface area (TPSA) is 101 Å². The molecule has 0 aliphatic carbocycles. The largest absolute Gasteiger partial charge is 0.320 e. The van der Waals surface area contributed by atoms with Crippen molar-refractivity contribution in [3.05, 3.63) is 72.6 Å². The van der Waals surface area contributed by atoms with Gasteiger partial charge in [0.2, 0.25) is 0 Å². The lowest BCUT2D eigenvalue weighted by Gasteiger charge is -2.20. The van der Waals surface area contributed by atoms with Crippen LogP contribution in [-0.2, 0) is 20.6 Å². The molecule has 0 bridgehead atoms. The van der Waals surface area contributed by atoms with Gasteiger partial charge in [-0.15, -0.1) is 0 Å². The van der Waals surface area contributed by atoms with E-state index in [4.69, 9.17) is 29.0 Å². The quantitative estimate of drug-likeness (QED) is 0.102. The number of carbonyl (C=O) groups excluding carboxylic acids is 1. The highest BCUT2D eigenvalue weighted by molar-refractivity contribution is 8.00. The van der Waals surface area contributed by atoms with Crippen molar-refractivity contribution < 1.29 is 13.9 Å². The molecular formula is C22H21N4O3PS6. The smallest absolute Gasteiger partial charge is 0.300 e. The Morgan fingerprint density at radius 3 is 2.19 bits per heavy atom. The molecule has 0 amide bonds. The summed E-state index contributed by atoms with van der Waals surface area (Å²) in [6.07, 6.45) is 0. The molecule has 0 radical (unpaired) electrons. The zero-order valence-electron chi connectivity index (χ0n) is 19.2. The van der Waals surface area contributed by atoms with E-state index in [0.717, 1.165) is 25.4 Å². The Morgan fingerprint density at radius 1 is 1.03 bits per heavy atom. The number of H-pyrrole nitrogens is 2. The van der Waals surface area contributed by atoms with Crippen molar-refractivity contribution in [3.8, 4) is 0 Å². The van der Waals surface area contributed by atoms with Crippen LogP contribution >= 0.6 is 78.0 Å². The maximum absolute atomic E-state index is 14.1. The third-order valence-electron chi connectivity index (χ3n) is 4.92. The van der Waals surface area contributed by atoms with Crippen LogP contribution in [0.15, 0.2) is 51.1 Å². The first-order valence-electron chi connectivity index (χ1n) is 10.6. The Morgan fingerprint density at radius 2 is 1.64 bits per heavy atom. The summed E-state index contributed by atoms with van der Waals surface area (Å²) in [7, 11) is -3.82. The second-order valence-electron chi connectivity index (χ2n) is 7.39. The fourth-order valence-electron chi connectivity index (χ4n) is 3.49. The number of aryl methyl sites for hydroxylation is 1. The van der Waals surface area contributed by atoms with Crippen LogP contribution in [0.1, 0.15) is 34.0 Å². The minimum atomic E-state index is -3.82. The summed E-state index contributed by atoms with van der Waals surface area (Å²) in [6.45, 7) is 3.76. The van der Waals surface area contributed by atoms with Crippen LogP contribution in [-0.4, -0.2) is 32.5 Å². The van der Waals surface area contributed by atoms with Gasteiger partial charge in [0.25, 0.3) is 5.52 Å². The third kappa shape index (κ3) is 6.51. The van der Waals surface area contributed by atoms with E-state index in [9.17, 15) is 9.36 Å². The van der Waals surface area contributed by atoms with Crippen LogP contribution in [0.25, 0.3) is 0 Å². The molecule has 7 nitrogen and oxygen atoms in total. The molecule has 4 rings (SSSR count). The van der Waals surface area contributed by atoms with Gasteiger partial charge >= 0.3 is 7.37 Å². The molecule has 2 aromatic carbocycles. The van der Waals surface area contributed by atoms with Gasteiger partial charge in [-0.25, -0.2) is 0 Å². The lowest BCUT2D eigenvalue weighted by Crippen LogP contribution is -2.18. The summed E-state index contributed by atoms with van der Waals surface area (Å²) in [4.78, 5) is 13.9. The zero-order chi connectivity index (χ0) is 25.7. The number of thioether (sulfide) groups is 2. The summed E-state index contributed by atoms with van der Waals surface area (Å²) in [5.74, 6) is 1.10. The van der Waals surface area contributed by atoms with Crippen LogP contribution in [0.3, 0.4) is 0 Å². The standard InChI is InChI=1S/C22H21N4O3PS6/c1-3-29-30(28,16-7-5-4-6-8-16)18(27)17-13(2)9-14(11-33-21-25-23-19(31)35-21)10-15(17)12-34-22-26-24-20(32)36-22/h4-10H,3,11-12H2,1-2H3,(H,23,31)(H,24,32). The predicted octanol–water partition coefficient (Wildman–Crippen LogP) is 7.39. The van der Waals surface area contributed by atoms with Gasteiger partial charge in [0.05, 0.1) is 6.61 Å². The molecule has 0 spiro atoms. The minimum absolute atomic E-state index is 0.155. The van der Waals surface area contributed by atoms with Crippen molar-refractivity contribution in [3.63, 3.8) is 0 Å². The van der Waals surface area contributed by atoms with Crippen LogP contribution in [0, 0.1) is 14.8 Å². The summed E-state index contributed by atoms with van der Waals surface area (Å²) in [5.41, 5.74) is 2.46. The van der Waals surface area contributed by atoms with Crippen molar-refractivity contribution >= 4 is 88.8 Å². The van der Waals surface area contributed by atoms with Crippen LogP contribution in [0.2, 0.25) is 0 Å². The number of nitrogens with zero attached hydrogens (tertiary/aromatic N) is 2. The molecule has 2 N–H and O–H groups in total. The van der Waals surface area contributed by atoms with Crippen molar-refractivity contribution in [2.75, 3.05) is 6.61 Å². The summed E-state index contributed by atoms with van der Waals surface area (Å²) in [5, 5.41) is 14.4. The lowest BCUT2D eigenvalue weighted by molar-refractivity contribution is 0.105. The zero-order valence-corrected chi connectivity index (χ0v) is 25.0. The SMILES string of the molecule is CCOP(=O)(C(=O)c1c(C)cc(CSc2n[nH]c(=S)s2)cc1CSc1n[nH]c(=S)s1)c1ccccc1. The molecule has 14 heteroatoms. The second-order valence-corrected chi connectivity index (χ2v) is 15.5. The number of hydrogen-bond acceptors (Lipinski definition) is 11. The number of hydrogen-bond donors (Lipinski definition) is 2. The van der Waals surface area contributed by atoms with Gasteiger partial charge in [-0.3, -0.25) is 19.6 Å². The fraction of sp³-hybridized carbons (Fsp3) is 0.227. The lowest BCUT2D eigenvalue weighted by atomic mass is 10.0. The van der Waals surface area contributed by atoms with Gasteiger partial charge < -0.3 is 4.52 Å². The van der Waals surface area contributed by atoms with E-state index in [1.807, 2.05) is 25.1 Å². The predicted molar refractivity (Wildman–Crippen MR) is 155 cm³/mol. The molecule has 36 heavy (non-hydrogen) atoms. The average molecular weight is 613 g/mol. The second kappa shape index (κ2) is 12.4. The van der Waals surface area contributed by atoms with E-state index in [0.29, 0.717) is 30.3 Å².